The first-order valence-electron chi connectivity index (χ1n) is 6.42. The van der Waals surface area contributed by atoms with E-state index in [1.165, 1.54) is 22.3 Å². The van der Waals surface area contributed by atoms with Gasteiger partial charge in [-0.05, 0) is 40.8 Å². The molecule has 0 fully saturated rings. The molecule has 1 unspecified atom stereocenters. The molecule has 1 heterocycles. The summed E-state index contributed by atoms with van der Waals surface area (Å²) in [6.45, 7) is 1.45. The zero-order chi connectivity index (χ0) is 13.2. The van der Waals surface area contributed by atoms with Crippen molar-refractivity contribution in [2.45, 2.75) is 25.7 Å². The summed E-state index contributed by atoms with van der Waals surface area (Å²) in [5.74, 6) is 0. The summed E-state index contributed by atoms with van der Waals surface area (Å²) >= 11 is 3.45. The van der Waals surface area contributed by atoms with Crippen LogP contribution in [0.4, 0.5) is 0 Å². The maximum atomic E-state index is 6.31. The van der Waals surface area contributed by atoms with Crippen LogP contribution in [0.25, 0.3) is 0 Å². The Morgan fingerprint density at radius 1 is 1.05 bits per heavy atom. The number of benzene rings is 2. The van der Waals surface area contributed by atoms with Gasteiger partial charge in [-0.3, -0.25) is 0 Å². The molecular weight excluding hydrogens is 302 g/mol. The number of rotatable bonds is 3. The number of halogens is 1. The summed E-state index contributed by atoms with van der Waals surface area (Å²) in [5.41, 5.74) is 11.3. The van der Waals surface area contributed by atoms with Crippen LogP contribution >= 0.6 is 15.9 Å². The van der Waals surface area contributed by atoms with Gasteiger partial charge in [0.2, 0.25) is 0 Å². The molecule has 0 saturated carbocycles. The van der Waals surface area contributed by atoms with E-state index >= 15 is 0 Å². The van der Waals surface area contributed by atoms with Gasteiger partial charge in [-0.2, -0.15) is 0 Å². The smallest absolute Gasteiger partial charge is 0.0725 e. The summed E-state index contributed by atoms with van der Waals surface area (Å²) < 4.78 is 6.53. The quantitative estimate of drug-likeness (QED) is 0.936. The Morgan fingerprint density at radius 3 is 2.58 bits per heavy atom. The van der Waals surface area contributed by atoms with Crippen molar-refractivity contribution < 1.29 is 4.74 Å². The lowest BCUT2D eigenvalue weighted by Gasteiger charge is -2.13. The van der Waals surface area contributed by atoms with Gasteiger partial charge in [0.05, 0.1) is 13.2 Å². The fourth-order valence-corrected chi connectivity index (χ4v) is 2.68. The fourth-order valence-electron chi connectivity index (χ4n) is 2.41. The van der Waals surface area contributed by atoms with Crippen LogP contribution in [0.1, 0.15) is 28.3 Å². The molecule has 19 heavy (non-hydrogen) atoms. The molecule has 1 aliphatic heterocycles. The highest BCUT2D eigenvalue weighted by molar-refractivity contribution is 9.10. The molecule has 2 aromatic rings. The van der Waals surface area contributed by atoms with E-state index < -0.39 is 0 Å². The third kappa shape index (κ3) is 2.89. The summed E-state index contributed by atoms with van der Waals surface area (Å²) in [4.78, 5) is 0. The second-order valence-electron chi connectivity index (χ2n) is 4.96. The van der Waals surface area contributed by atoms with Gasteiger partial charge in [-0.15, -0.1) is 0 Å². The number of hydrogen-bond acceptors (Lipinski definition) is 2. The Morgan fingerprint density at radius 2 is 1.79 bits per heavy atom. The lowest BCUT2D eigenvalue weighted by Crippen LogP contribution is -2.13. The molecule has 2 nitrogen and oxygen atoms in total. The van der Waals surface area contributed by atoms with Crippen LogP contribution in [-0.2, 0) is 24.4 Å². The van der Waals surface area contributed by atoms with Crippen LogP contribution < -0.4 is 5.73 Å². The Balaban J connectivity index is 1.76. The van der Waals surface area contributed by atoms with Crippen molar-refractivity contribution in [2.75, 3.05) is 0 Å². The van der Waals surface area contributed by atoms with E-state index in [2.05, 4.69) is 58.4 Å². The number of nitrogens with two attached hydrogens (primary N) is 1. The van der Waals surface area contributed by atoms with Crippen molar-refractivity contribution in [3.05, 3.63) is 69.2 Å². The average molecular weight is 318 g/mol. The topological polar surface area (TPSA) is 35.2 Å². The Hall–Kier alpha value is -1.16. The largest absolute Gasteiger partial charge is 0.372 e. The first kappa shape index (κ1) is 12.9. The van der Waals surface area contributed by atoms with Gasteiger partial charge >= 0.3 is 0 Å². The van der Waals surface area contributed by atoms with Gasteiger partial charge < -0.3 is 10.5 Å². The standard InChI is InChI=1S/C16H16BrNO/c17-15-5-1-11(2-6-15)7-16(18)12-3-4-13-9-19-10-14(13)8-12/h1-6,8,16H,7,9-10,18H2. The molecule has 0 aliphatic carbocycles. The van der Waals surface area contributed by atoms with Crippen molar-refractivity contribution in [1.29, 1.82) is 0 Å². The first-order valence-corrected chi connectivity index (χ1v) is 7.21. The minimum Gasteiger partial charge on any atom is -0.372 e. The van der Waals surface area contributed by atoms with Crippen molar-refractivity contribution in [1.82, 2.24) is 0 Å². The molecule has 1 atom stereocenters. The molecule has 3 rings (SSSR count). The first-order chi connectivity index (χ1) is 9.22. The molecule has 0 radical (unpaired) electrons. The van der Waals surface area contributed by atoms with Gasteiger partial charge in [-0.1, -0.05) is 46.3 Å². The Bertz CT molecular complexity index is 580. The molecule has 0 spiro atoms. The second-order valence-corrected chi connectivity index (χ2v) is 5.87. The van der Waals surface area contributed by atoms with Crippen molar-refractivity contribution in [2.24, 2.45) is 5.73 Å². The minimum atomic E-state index is 0.0343. The highest BCUT2D eigenvalue weighted by atomic mass is 79.9. The SMILES string of the molecule is NC(Cc1ccc(Br)cc1)c1ccc2c(c1)COC2. The zero-order valence-electron chi connectivity index (χ0n) is 10.6. The highest BCUT2D eigenvalue weighted by Gasteiger charge is 2.14. The summed E-state index contributed by atoms with van der Waals surface area (Å²) in [5, 5.41) is 0. The maximum absolute atomic E-state index is 6.31. The molecule has 2 N–H and O–H groups in total. The van der Waals surface area contributed by atoms with Crippen LogP contribution in [0, 0.1) is 0 Å². The molecule has 0 bridgehead atoms. The Labute approximate surface area is 121 Å². The third-order valence-corrected chi connectivity index (χ3v) is 4.07. The maximum Gasteiger partial charge on any atom is 0.0725 e. The molecule has 0 saturated heterocycles. The van der Waals surface area contributed by atoms with Gasteiger partial charge in [0.25, 0.3) is 0 Å². The Kier molecular flexibility index (Phi) is 3.69. The minimum absolute atomic E-state index is 0.0343. The van der Waals surface area contributed by atoms with Gasteiger partial charge in [0.1, 0.15) is 0 Å². The van der Waals surface area contributed by atoms with Gasteiger partial charge in [0, 0.05) is 10.5 Å². The van der Waals surface area contributed by atoms with Crippen molar-refractivity contribution in [3.63, 3.8) is 0 Å². The monoisotopic (exact) mass is 317 g/mol. The lowest BCUT2D eigenvalue weighted by molar-refractivity contribution is 0.134. The molecular formula is C16H16BrNO. The zero-order valence-corrected chi connectivity index (χ0v) is 12.2. The average Bonchev–Trinajstić information content (AvgIpc) is 2.88. The van der Waals surface area contributed by atoms with E-state index in [0.717, 1.165) is 17.5 Å². The third-order valence-electron chi connectivity index (χ3n) is 3.54. The van der Waals surface area contributed by atoms with Gasteiger partial charge in [-0.25, -0.2) is 0 Å². The van der Waals surface area contributed by atoms with Crippen LogP contribution in [-0.4, -0.2) is 0 Å². The number of fused-ring (bicyclic) bond motifs is 1. The van der Waals surface area contributed by atoms with E-state index in [0.29, 0.717) is 6.61 Å². The molecule has 2 aromatic carbocycles. The van der Waals surface area contributed by atoms with E-state index in [9.17, 15) is 0 Å². The van der Waals surface area contributed by atoms with Crippen LogP contribution in [0.2, 0.25) is 0 Å². The highest BCUT2D eigenvalue weighted by Crippen LogP contribution is 2.25. The van der Waals surface area contributed by atoms with Crippen LogP contribution in [0.5, 0.6) is 0 Å². The molecule has 1 aliphatic rings. The van der Waals surface area contributed by atoms with E-state index in [1.54, 1.807) is 0 Å². The second kappa shape index (κ2) is 5.45. The number of ether oxygens (including phenoxy) is 1. The van der Waals surface area contributed by atoms with E-state index in [1.807, 2.05) is 0 Å². The van der Waals surface area contributed by atoms with E-state index in [4.69, 9.17) is 10.5 Å². The summed E-state index contributed by atoms with van der Waals surface area (Å²) in [6, 6.07) is 14.8. The van der Waals surface area contributed by atoms with Gasteiger partial charge in [0.15, 0.2) is 0 Å². The molecule has 0 amide bonds. The predicted molar refractivity (Wildman–Crippen MR) is 79.7 cm³/mol. The number of hydrogen-bond donors (Lipinski definition) is 1. The summed E-state index contributed by atoms with van der Waals surface area (Å²) in [6.07, 6.45) is 0.854. The molecule has 3 heteroatoms. The molecule has 0 aromatic heterocycles. The summed E-state index contributed by atoms with van der Waals surface area (Å²) in [7, 11) is 0. The van der Waals surface area contributed by atoms with Crippen molar-refractivity contribution in [3.8, 4) is 0 Å². The normalized spacial score (nSPS) is 15.3. The van der Waals surface area contributed by atoms with Crippen molar-refractivity contribution >= 4 is 15.9 Å². The van der Waals surface area contributed by atoms with Crippen LogP contribution in [0.15, 0.2) is 46.9 Å². The van der Waals surface area contributed by atoms with Crippen LogP contribution in [0.3, 0.4) is 0 Å². The lowest BCUT2D eigenvalue weighted by atomic mass is 9.97. The molecule has 98 valence electrons. The fraction of sp³-hybridized carbons (Fsp3) is 0.250. The predicted octanol–water partition coefficient (Wildman–Crippen LogP) is 3.72. The van der Waals surface area contributed by atoms with E-state index in [-0.39, 0.29) is 6.04 Å².